The van der Waals surface area contributed by atoms with E-state index in [1.807, 2.05) is 45.9 Å². The zero-order valence-electron chi connectivity index (χ0n) is 7.89. The molecule has 0 rings (SSSR count). The normalized spacial score (nSPS) is 16.5. The molecule has 64 valence electrons. The van der Waals surface area contributed by atoms with E-state index in [2.05, 4.69) is 0 Å². The first-order valence-corrected chi connectivity index (χ1v) is 4.03. The third-order valence-corrected chi connectivity index (χ3v) is 1.60. The summed E-state index contributed by atoms with van der Waals surface area (Å²) < 4.78 is 0. The second-order valence-corrected chi connectivity index (χ2v) is 3.31. The Bertz CT molecular complexity index is 160. The highest BCUT2D eigenvalue weighted by atomic mass is 16.3. The van der Waals surface area contributed by atoms with Crippen LogP contribution in [-0.4, -0.2) is 10.7 Å². The maximum absolute atomic E-state index is 9.52. The maximum Gasteiger partial charge on any atom is 0.0800 e. The molecule has 0 aliphatic carbocycles. The predicted molar refractivity (Wildman–Crippen MR) is 49.5 cm³/mol. The van der Waals surface area contributed by atoms with E-state index in [0.29, 0.717) is 0 Å². The molecule has 0 aliphatic rings. The van der Waals surface area contributed by atoms with E-state index in [-0.39, 0.29) is 0 Å². The molecular formula is C10H18O. The molecule has 0 saturated carbocycles. The molecule has 0 saturated heterocycles. The number of aliphatic hydroxyl groups is 1. The van der Waals surface area contributed by atoms with E-state index in [9.17, 15) is 5.11 Å². The molecule has 0 heterocycles. The van der Waals surface area contributed by atoms with Gasteiger partial charge in [-0.3, -0.25) is 0 Å². The summed E-state index contributed by atoms with van der Waals surface area (Å²) in [4.78, 5) is 0. The van der Waals surface area contributed by atoms with Crippen LogP contribution in [0.2, 0.25) is 0 Å². The Morgan fingerprint density at radius 2 is 2.00 bits per heavy atom. The van der Waals surface area contributed by atoms with Gasteiger partial charge >= 0.3 is 0 Å². The Hall–Kier alpha value is -0.560. The molecule has 0 radical (unpaired) electrons. The Morgan fingerprint density at radius 1 is 1.45 bits per heavy atom. The second kappa shape index (κ2) is 4.35. The van der Waals surface area contributed by atoms with Crippen molar-refractivity contribution in [2.75, 3.05) is 0 Å². The Morgan fingerprint density at radius 3 is 2.36 bits per heavy atom. The standard InChI is InChI=1S/C10H18O/c1-5-10(4,11)8-6-7-9(2)3/h6-8,11H,5H2,1-4H3/b8-6+/t10-/m1/s1. The number of allylic oxidation sites excluding steroid dienone is 3. The summed E-state index contributed by atoms with van der Waals surface area (Å²) in [6.07, 6.45) is 6.46. The summed E-state index contributed by atoms with van der Waals surface area (Å²) in [7, 11) is 0. The summed E-state index contributed by atoms with van der Waals surface area (Å²) in [5.41, 5.74) is 0.597. The average molecular weight is 154 g/mol. The van der Waals surface area contributed by atoms with Crippen molar-refractivity contribution < 1.29 is 5.11 Å². The van der Waals surface area contributed by atoms with E-state index < -0.39 is 5.60 Å². The van der Waals surface area contributed by atoms with Crippen LogP contribution in [0.15, 0.2) is 23.8 Å². The number of hydrogen-bond donors (Lipinski definition) is 1. The van der Waals surface area contributed by atoms with Crippen LogP contribution in [0.25, 0.3) is 0 Å². The third kappa shape index (κ3) is 5.86. The molecule has 11 heavy (non-hydrogen) atoms. The van der Waals surface area contributed by atoms with Crippen molar-refractivity contribution in [2.45, 2.75) is 39.7 Å². The van der Waals surface area contributed by atoms with Gasteiger partial charge in [-0.15, -0.1) is 0 Å². The van der Waals surface area contributed by atoms with Crippen LogP contribution in [0, 0.1) is 0 Å². The number of rotatable bonds is 3. The summed E-state index contributed by atoms with van der Waals surface area (Å²) in [6, 6.07) is 0. The van der Waals surface area contributed by atoms with Crippen LogP contribution in [0.5, 0.6) is 0 Å². The van der Waals surface area contributed by atoms with Crippen molar-refractivity contribution in [1.29, 1.82) is 0 Å². The highest BCUT2D eigenvalue weighted by Crippen LogP contribution is 2.09. The van der Waals surface area contributed by atoms with Crippen LogP contribution >= 0.6 is 0 Å². The van der Waals surface area contributed by atoms with Gasteiger partial charge in [0.2, 0.25) is 0 Å². The van der Waals surface area contributed by atoms with Crippen LogP contribution in [0.3, 0.4) is 0 Å². The van der Waals surface area contributed by atoms with Gasteiger partial charge in [-0.25, -0.2) is 0 Å². The van der Waals surface area contributed by atoms with Crippen molar-refractivity contribution >= 4 is 0 Å². The van der Waals surface area contributed by atoms with E-state index in [0.717, 1.165) is 6.42 Å². The minimum atomic E-state index is -0.647. The Labute approximate surface area is 69.4 Å². The molecule has 1 heteroatoms. The molecule has 0 aromatic rings. The summed E-state index contributed by atoms with van der Waals surface area (Å²) >= 11 is 0. The molecule has 0 aromatic carbocycles. The molecule has 1 atom stereocenters. The fraction of sp³-hybridized carbons (Fsp3) is 0.600. The first-order valence-electron chi connectivity index (χ1n) is 4.03. The fourth-order valence-electron chi connectivity index (χ4n) is 0.566. The zero-order valence-corrected chi connectivity index (χ0v) is 7.89. The van der Waals surface area contributed by atoms with Crippen LogP contribution < -0.4 is 0 Å². The molecular weight excluding hydrogens is 136 g/mol. The van der Waals surface area contributed by atoms with Gasteiger partial charge in [0.15, 0.2) is 0 Å². The van der Waals surface area contributed by atoms with E-state index in [1.54, 1.807) is 0 Å². The smallest absolute Gasteiger partial charge is 0.0800 e. The van der Waals surface area contributed by atoms with Gasteiger partial charge in [0, 0.05) is 0 Å². The van der Waals surface area contributed by atoms with Crippen molar-refractivity contribution in [3.63, 3.8) is 0 Å². The third-order valence-electron chi connectivity index (χ3n) is 1.60. The topological polar surface area (TPSA) is 20.2 Å². The first kappa shape index (κ1) is 10.4. The SMILES string of the molecule is CC[C@@](C)(O)/C=C/C=C(C)C. The Balaban J connectivity index is 4.02. The summed E-state index contributed by atoms with van der Waals surface area (Å²) in [5.74, 6) is 0. The van der Waals surface area contributed by atoms with Crippen molar-refractivity contribution in [1.82, 2.24) is 0 Å². The monoisotopic (exact) mass is 154 g/mol. The van der Waals surface area contributed by atoms with Crippen LogP contribution in [-0.2, 0) is 0 Å². The molecule has 0 amide bonds. The van der Waals surface area contributed by atoms with Gasteiger partial charge in [0.25, 0.3) is 0 Å². The minimum Gasteiger partial charge on any atom is -0.386 e. The van der Waals surface area contributed by atoms with Gasteiger partial charge < -0.3 is 5.11 Å². The van der Waals surface area contributed by atoms with Gasteiger partial charge in [0.1, 0.15) is 0 Å². The van der Waals surface area contributed by atoms with Gasteiger partial charge in [-0.1, -0.05) is 30.7 Å². The molecule has 0 aromatic heterocycles. The van der Waals surface area contributed by atoms with Crippen LogP contribution in [0.1, 0.15) is 34.1 Å². The quantitative estimate of drug-likeness (QED) is 0.620. The molecule has 1 N–H and O–H groups in total. The summed E-state index contributed by atoms with van der Waals surface area (Å²) in [5, 5.41) is 9.52. The molecule has 0 spiro atoms. The number of hydrogen-bond acceptors (Lipinski definition) is 1. The van der Waals surface area contributed by atoms with Gasteiger partial charge in [-0.05, 0) is 27.2 Å². The lowest BCUT2D eigenvalue weighted by molar-refractivity contribution is 0.108. The highest BCUT2D eigenvalue weighted by Gasteiger charge is 2.10. The average Bonchev–Trinajstić information content (AvgIpc) is 1.87. The molecule has 0 bridgehead atoms. The second-order valence-electron chi connectivity index (χ2n) is 3.31. The zero-order chi connectivity index (χ0) is 8.91. The lowest BCUT2D eigenvalue weighted by Gasteiger charge is -2.14. The molecule has 0 fully saturated rings. The lowest BCUT2D eigenvalue weighted by atomic mass is 10.0. The molecule has 1 nitrogen and oxygen atoms in total. The lowest BCUT2D eigenvalue weighted by Crippen LogP contribution is -2.18. The van der Waals surface area contributed by atoms with Crippen molar-refractivity contribution in [3.05, 3.63) is 23.8 Å². The fourth-order valence-corrected chi connectivity index (χ4v) is 0.566. The first-order chi connectivity index (χ1) is 4.98. The van der Waals surface area contributed by atoms with Crippen LogP contribution in [0.4, 0.5) is 0 Å². The highest BCUT2D eigenvalue weighted by molar-refractivity contribution is 5.12. The van der Waals surface area contributed by atoms with E-state index in [1.165, 1.54) is 5.57 Å². The molecule has 0 unspecified atom stereocenters. The minimum absolute atomic E-state index is 0.647. The van der Waals surface area contributed by atoms with Gasteiger partial charge in [0.05, 0.1) is 5.60 Å². The van der Waals surface area contributed by atoms with E-state index >= 15 is 0 Å². The van der Waals surface area contributed by atoms with Gasteiger partial charge in [-0.2, -0.15) is 0 Å². The Kier molecular flexibility index (Phi) is 4.12. The van der Waals surface area contributed by atoms with E-state index in [4.69, 9.17) is 0 Å². The predicted octanol–water partition coefficient (Wildman–Crippen LogP) is 2.67. The summed E-state index contributed by atoms with van der Waals surface area (Å²) in [6.45, 7) is 7.84. The van der Waals surface area contributed by atoms with Crippen molar-refractivity contribution in [2.24, 2.45) is 0 Å². The molecule has 0 aliphatic heterocycles. The van der Waals surface area contributed by atoms with Crippen molar-refractivity contribution in [3.8, 4) is 0 Å². The maximum atomic E-state index is 9.52. The largest absolute Gasteiger partial charge is 0.386 e.